The minimum atomic E-state index is 0.427. The highest BCUT2D eigenvalue weighted by atomic mass is 16.5. The Labute approximate surface area is 114 Å². The standard InChI is InChI=1S/C16H33NO/c1-3-14-17-15-12-10-8-6-4-5-7-9-11-13-16(15)18-2/h15-17H,3-14H2,1-2H3. The van der Waals surface area contributed by atoms with Gasteiger partial charge in [0.05, 0.1) is 6.10 Å². The summed E-state index contributed by atoms with van der Waals surface area (Å²) in [5, 5.41) is 3.70. The van der Waals surface area contributed by atoms with E-state index in [2.05, 4.69) is 12.2 Å². The first kappa shape index (κ1) is 16.0. The molecule has 0 saturated heterocycles. The Morgan fingerprint density at radius 3 is 2.00 bits per heavy atom. The predicted octanol–water partition coefficient (Wildman–Crippen LogP) is 4.28. The molecule has 0 heterocycles. The zero-order valence-corrected chi connectivity index (χ0v) is 12.5. The maximum atomic E-state index is 5.74. The van der Waals surface area contributed by atoms with Gasteiger partial charge in [-0.05, 0) is 25.8 Å². The summed E-state index contributed by atoms with van der Waals surface area (Å²) < 4.78 is 5.74. The number of hydrogen-bond donors (Lipinski definition) is 1. The Hall–Kier alpha value is -0.0800. The van der Waals surface area contributed by atoms with Crippen molar-refractivity contribution in [2.45, 2.75) is 89.7 Å². The molecule has 1 aliphatic carbocycles. The largest absolute Gasteiger partial charge is 0.380 e. The zero-order chi connectivity index (χ0) is 13.1. The molecule has 18 heavy (non-hydrogen) atoms. The minimum Gasteiger partial charge on any atom is -0.380 e. The van der Waals surface area contributed by atoms with Gasteiger partial charge in [0.2, 0.25) is 0 Å². The summed E-state index contributed by atoms with van der Waals surface area (Å²) in [4.78, 5) is 0. The molecule has 2 heteroatoms. The third-order valence-electron chi connectivity index (χ3n) is 4.16. The van der Waals surface area contributed by atoms with E-state index in [1.54, 1.807) is 0 Å². The minimum absolute atomic E-state index is 0.427. The average molecular weight is 255 g/mol. The van der Waals surface area contributed by atoms with E-state index in [-0.39, 0.29) is 0 Å². The second-order valence-corrected chi connectivity index (χ2v) is 5.74. The first-order valence-electron chi connectivity index (χ1n) is 8.14. The van der Waals surface area contributed by atoms with Crippen LogP contribution < -0.4 is 5.32 Å². The van der Waals surface area contributed by atoms with Crippen molar-refractivity contribution in [2.24, 2.45) is 0 Å². The van der Waals surface area contributed by atoms with E-state index in [0.29, 0.717) is 12.1 Å². The van der Waals surface area contributed by atoms with Gasteiger partial charge in [-0.3, -0.25) is 0 Å². The monoisotopic (exact) mass is 255 g/mol. The highest BCUT2D eigenvalue weighted by Crippen LogP contribution is 2.19. The summed E-state index contributed by atoms with van der Waals surface area (Å²) in [6.45, 7) is 3.37. The van der Waals surface area contributed by atoms with Crippen molar-refractivity contribution in [3.8, 4) is 0 Å². The molecule has 1 fully saturated rings. The van der Waals surface area contributed by atoms with Crippen LogP contribution in [0.2, 0.25) is 0 Å². The maximum absolute atomic E-state index is 5.74. The van der Waals surface area contributed by atoms with Crippen molar-refractivity contribution in [3.63, 3.8) is 0 Å². The van der Waals surface area contributed by atoms with Crippen molar-refractivity contribution >= 4 is 0 Å². The fourth-order valence-corrected chi connectivity index (χ4v) is 3.00. The number of hydrogen-bond acceptors (Lipinski definition) is 2. The lowest BCUT2D eigenvalue weighted by molar-refractivity contribution is 0.0554. The predicted molar refractivity (Wildman–Crippen MR) is 79.0 cm³/mol. The zero-order valence-electron chi connectivity index (χ0n) is 12.5. The Morgan fingerprint density at radius 1 is 0.889 bits per heavy atom. The smallest absolute Gasteiger partial charge is 0.0724 e. The molecule has 0 amide bonds. The van der Waals surface area contributed by atoms with E-state index in [1.165, 1.54) is 70.6 Å². The fraction of sp³-hybridized carbons (Fsp3) is 1.00. The molecular weight excluding hydrogens is 222 g/mol. The summed E-state index contributed by atoms with van der Waals surface area (Å²) in [6, 6.07) is 0.578. The molecule has 108 valence electrons. The van der Waals surface area contributed by atoms with E-state index in [0.717, 1.165) is 6.54 Å². The van der Waals surface area contributed by atoms with Crippen LogP contribution in [0, 0.1) is 0 Å². The summed E-state index contributed by atoms with van der Waals surface area (Å²) >= 11 is 0. The van der Waals surface area contributed by atoms with Gasteiger partial charge in [-0.15, -0.1) is 0 Å². The lowest BCUT2D eigenvalue weighted by Gasteiger charge is -2.27. The molecule has 0 spiro atoms. The molecule has 0 aliphatic heterocycles. The van der Waals surface area contributed by atoms with Crippen LogP contribution in [0.4, 0.5) is 0 Å². The molecule has 0 radical (unpaired) electrons. The van der Waals surface area contributed by atoms with Gasteiger partial charge >= 0.3 is 0 Å². The molecule has 2 nitrogen and oxygen atoms in total. The van der Waals surface area contributed by atoms with Crippen LogP contribution in [0.15, 0.2) is 0 Å². The van der Waals surface area contributed by atoms with Crippen LogP contribution in [-0.2, 0) is 4.74 Å². The highest BCUT2D eigenvalue weighted by molar-refractivity contribution is 4.77. The van der Waals surface area contributed by atoms with Gasteiger partial charge in [0.15, 0.2) is 0 Å². The first-order chi connectivity index (χ1) is 8.88. The van der Waals surface area contributed by atoms with E-state index >= 15 is 0 Å². The molecule has 1 aliphatic rings. The summed E-state index contributed by atoms with van der Waals surface area (Å²) in [6.07, 6.45) is 15.4. The Morgan fingerprint density at radius 2 is 1.44 bits per heavy atom. The molecule has 2 atom stereocenters. The summed E-state index contributed by atoms with van der Waals surface area (Å²) in [7, 11) is 1.89. The van der Waals surface area contributed by atoms with Crippen molar-refractivity contribution < 1.29 is 4.74 Å². The van der Waals surface area contributed by atoms with Gasteiger partial charge in [-0.25, -0.2) is 0 Å². The highest BCUT2D eigenvalue weighted by Gasteiger charge is 2.20. The molecule has 1 rings (SSSR count). The van der Waals surface area contributed by atoms with Crippen LogP contribution in [0.3, 0.4) is 0 Å². The van der Waals surface area contributed by atoms with Gasteiger partial charge in [-0.2, -0.15) is 0 Å². The molecular formula is C16H33NO. The van der Waals surface area contributed by atoms with Crippen LogP contribution in [0.25, 0.3) is 0 Å². The van der Waals surface area contributed by atoms with Crippen molar-refractivity contribution in [1.29, 1.82) is 0 Å². The van der Waals surface area contributed by atoms with Gasteiger partial charge < -0.3 is 10.1 Å². The van der Waals surface area contributed by atoms with Crippen LogP contribution in [-0.4, -0.2) is 25.8 Å². The van der Waals surface area contributed by atoms with E-state index in [1.807, 2.05) is 7.11 Å². The lowest BCUT2D eigenvalue weighted by Crippen LogP contribution is -2.41. The number of methoxy groups -OCH3 is 1. The van der Waals surface area contributed by atoms with Crippen molar-refractivity contribution in [3.05, 3.63) is 0 Å². The Kier molecular flexibility index (Phi) is 9.59. The molecule has 1 N–H and O–H groups in total. The van der Waals surface area contributed by atoms with E-state index in [9.17, 15) is 0 Å². The van der Waals surface area contributed by atoms with E-state index in [4.69, 9.17) is 4.74 Å². The Bertz CT molecular complexity index is 184. The second kappa shape index (κ2) is 10.8. The summed E-state index contributed by atoms with van der Waals surface area (Å²) in [5.41, 5.74) is 0. The van der Waals surface area contributed by atoms with Gasteiger partial charge in [-0.1, -0.05) is 58.3 Å². The Balaban J connectivity index is 2.43. The molecule has 0 aromatic carbocycles. The van der Waals surface area contributed by atoms with Crippen molar-refractivity contribution in [2.75, 3.05) is 13.7 Å². The maximum Gasteiger partial charge on any atom is 0.0724 e. The summed E-state index contributed by atoms with van der Waals surface area (Å²) in [5.74, 6) is 0. The SMILES string of the molecule is CCCNC1CCCCCCCCCCC1OC. The quantitative estimate of drug-likeness (QED) is 0.809. The number of nitrogens with one attached hydrogen (secondary N) is 1. The second-order valence-electron chi connectivity index (χ2n) is 5.74. The molecule has 0 bridgehead atoms. The number of ether oxygens (including phenoxy) is 1. The first-order valence-corrected chi connectivity index (χ1v) is 8.14. The van der Waals surface area contributed by atoms with Crippen LogP contribution >= 0.6 is 0 Å². The molecule has 1 saturated carbocycles. The molecule has 2 unspecified atom stereocenters. The van der Waals surface area contributed by atoms with Gasteiger partial charge in [0, 0.05) is 13.2 Å². The average Bonchev–Trinajstić information content (AvgIpc) is 2.38. The lowest BCUT2D eigenvalue weighted by atomic mass is 9.95. The molecule has 0 aromatic heterocycles. The third kappa shape index (κ3) is 6.75. The van der Waals surface area contributed by atoms with E-state index < -0.39 is 0 Å². The topological polar surface area (TPSA) is 21.3 Å². The van der Waals surface area contributed by atoms with Gasteiger partial charge in [0.1, 0.15) is 0 Å². The number of rotatable bonds is 4. The third-order valence-corrected chi connectivity index (χ3v) is 4.16. The van der Waals surface area contributed by atoms with Crippen LogP contribution in [0.5, 0.6) is 0 Å². The van der Waals surface area contributed by atoms with Crippen molar-refractivity contribution in [1.82, 2.24) is 5.32 Å². The van der Waals surface area contributed by atoms with Gasteiger partial charge in [0.25, 0.3) is 0 Å². The fourth-order valence-electron chi connectivity index (χ4n) is 3.00. The van der Waals surface area contributed by atoms with Crippen LogP contribution in [0.1, 0.15) is 77.6 Å². The molecule has 0 aromatic rings. The normalized spacial score (nSPS) is 28.3.